The Kier molecular flexibility index (Phi) is 3.06. The van der Waals surface area contributed by atoms with Crippen LogP contribution in [-0.4, -0.2) is 37.4 Å². The van der Waals surface area contributed by atoms with Gasteiger partial charge in [0.25, 0.3) is 0 Å². The standard InChI is InChI=1S/C9H15NO3/c1-8(11)13-7-9-4-3-5-10(2,12)6-9/h4H,3,5-7H2,1-2H3. The van der Waals surface area contributed by atoms with Crippen LogP contribution in [0.2, 0.25) is 0 Å². The average molecular weight is 185 g/mol. The lowest BCUT2D eigenvalue weighted by atomic mass is 10.1. The fraction of sp³-hybridized carbons (Fsp3) is 0.667. The Hall–Kier alpha value is -0.870. The number of hydrogen-bond donors (Lipinski definition) is 0. The van der Waals surface area contributed by atoms with Crippen LogP contribution in [0.5, 0.6) is 0 Å². The van der Waals surface area contributed by atoms with Crippen LogP contribution < -0.4 is 0 Å². The zero-order valence-corrected chi connectivity index (χ0v) is 8.08. The molecule has 0 aromatic heterocycles. The SMILES string of the molecule is CC(=O)OCC1=CCC[N+](C)([O-])C1. The first kappa shape index (κ1) is 10.2. The number of carbonyl (C=O) groups is 1. The summed E-state index contributed by atoms with van der Waals surface area (Å²) in [7, 11) is 1.64. The van der Waals surface area contributed by atoms with Gasteiger partial charge in [-0.05, 0) is 0 Å². The normalized spacial score (nSPS) is 28.1. The van der Waals surface area contributed by atoms with Gasteiger partial charge in [0, 0.05) is 18.9 Å². The Bertz CT molecular complexity index is 233. The lowest BCUT2D eigenvalue weighted by molar-refractivity contribution is -0.857. The fourth-order valence-electron chi connectivity index (χ4n) is 1.41. The van der Waals surface area contributed by atoms with Crippen LogP contribution in [0, 0.1) is 5.21 Å². The molecule has 0 aromatic rings. The number of carbonyl (C=O) groups excluding carboxylic acids is 1. The zero-order chi connectivity index (χ0) is 9.90. The number of rotatable bonds is 2. The van der Waals surface area contributed by atoms with E-state index in [1.807, 2.05) is 6.08 Å². The summed E-state index contributed by atoms with van der Waals surface area (Å²) < 4.78 is 4.56. The number of nitrogens with zero attached hydrogens (tertiary/aromatic N) is 1. The van der Waals surface area contributed by atoms with Gasteiger partial charge in [-0.2, -0.15) is 0 Å². The van der Waals surface area contributed by atoms with Crippen LogP contribution in [-0.2, 0) is 9.53 Å². The van der Waals surface area contributed by atoms with E-state index in [0.717, 1.165) is 12.0 Å². The summed E-state index contributed by atoms with van der Waals surface area (Å²) in [5, 5.41) is 11.5. The average Bonchev–Trinajstić information content (AvgIpc) is 1.99. The molecule has 0 amide bonds. The summed E-state index contributed by atoms with van der Waals surface area (Å²) in [6.45, 7) is 2.69. The summed E-state index contributed by atoms with van der Waals surface area (Å²) in [5.41, 5.74) is 0.930. The Labute approximate surface area is 78.0 Å². The van der Waals surface area contributed by atoms with E-state index in [-0.39, 0.29) is 17.2 Å². The minimum absolute atomic E-state index is 0.257. The van der Waals surface area contributed by atoms with E-state index in [9.17, 15) is 10.0 Å². The lowest BCUT2D eigenvalue weighted by Crippen LogP contribution is -2.42. The van der Waals surface area contributed by atoms with E-state index in [2.05, 4.69) is 0 Å². The molecule has 1 atom stereocenters. The van der Waals surface area contributed by atoms with Crippen molar-refractivity contribution in [1.82, 2.24) is 0 Å². The molecule has 0 spiro atoms. The van der Waals surface area contributed by atoms with Gasteiger partial charge in [0.1, 0.15) is 13.2 Å². The number of hydroxylamine groups is 3. The van der Waals surface area contributed by atoms with Gasteiger partial charge in [-0.25, -0.2) is 0 Å². The van der Waals surface area contributed by atoms with Gasteiger partial charge in [-0.3, -0.25) is 4.79 Å². The van der Waals surface area contributed by atoms with Gasteiger partial charge >= 0.3 is 5.97 Å². The van der Waals surface area contributed by atoms with E-state index in [4.69, 9.17) is 4.74 Å². The summed E-state index contributed by atoms with van der Waals surface area (Å²) >= 11 is 0. The Morgan fingerprint density at radius 2 is 2.46 bits per heavy atom. The highest BCUT2D eigenvalue weighted by atomic mass is 16.5. The molecule has 1 heterocycles. The van der Waals surface area contributed by atoms with Crippen LogP contribution >= 0.6 is 0 Å². The molecule has 74 valence electrons. The van der Waals surface area contributed by atoms with Gasteiger partial charge in [-0.1, -0.05) is 6.08 Å². The van der Waals surface area contributed by atoms with E-state index in [1.54, 1.807) is 7.05 Å². The number of quaternary nitrogens is 1. The minimum Gasteiger partial charge on any atom is -0.633 e. The first-order valence-electron chi connectivity index (χ1n) is 4.36. The molecule has 0 aliphatic carbocycles. The molecular weight excluding hydrogens is 170 g/mol. The fourth-order valence-corrected chi connectivity index (χ4v) is 1.41. The van der Waals surface area contributed by atoms with Crippen molar-refractivity contribution in [3.8, 4) is 0 Å². The van der Waals surface area contributed by atoms with Crippen LogP contribution in [0.25, 0.3) is 0 Å². The van der Waals surface area contributed by atoms with Crippen LogP contribution in [0.1, 0.15) is 13.3 Å². The molecular formula is C9H15NO3. The summed E-state index contributed by atoms with van der Waals surface area (Å²) in [6, 6.07) is 0. The van der Waals surface area contributed by atoms with Crippen molar-refractivity contribution in [2.75, 3.05) is 26.7 Å². The molecule has 4 nitrogen and oxygen atoms in total. The molecule has 1 unspecified atom stereocenters. The third kappa shape index (κ3) is 3.57. The van der Waals surface area contributed by atoms with Gasteiger partial charge in [-0.15, -0.1) is 0 Å². The predicted octanol–water partition coefficient (Wildman–Crippen LogP) is 0.824. The highest BCUT2D eigenvalue weighted by Crippen LogP contribution is 2.14. The maximum Gasteiger partial charge on any atom is 0.302 e. The summed E-state index contributed by atoms with van der Waals surface area (Å²) in [4.78, 5) is 10.5. The van der Waals surface area contributed by atoms with E-state index in [0.29, 0.717) is 13.1 Å². The van der Waals surface area contributed by atoms with E-state index >= 15 is 0 Å². The van der Waals surface area contributed by atoms with Crippen LogP contribution in [0.15, 0.2) is 11.6 Å². The second-order valence-electron chi connectivity index (χ2n) is 3.61. The molecule has 0 saturated heterocycles. The Morgan fingerprint density at radius 1 is 1.77 bits per heavy atom. The van der Waals surface area contributed by atoms with E-state index < -0.39 is 0 Å². The molecule has 0 bridgehead atoms. The maximum absolute atomic E-state index is 11.5. The molecule has 1 rings (SSSR count). The van der Waals surface area contributed by atoms with Crippen LogP contribution in [0.3, 0.4) is 0 Å². The van der Waals surface area contributed by atoms with Gasteiger partial charge < -0.3 is 14.6 Å². The van der Waals surface area contributed by atoms with Crippen molar-refractivity contribution < 1.29 is 14.2 Å². The van der Waals surface area contributed by atoms with Crippen molar-refractivity contribution in [2.45, 2.75) is 13.3 Å². The third-order valence-corrected chi connectivity index (χ3v) is 2.03. The number of likely N-dealkylation sites (N-methyl/N-ethyl adjacent to an activating group) is 1. The zero-order valence-electron chi connectivity index (χ0n) is 8.08. The molecule has 13 heavy (non-hydrogen) atoms. The molecule has 0 saturated carbocycles. The van der Waals surface area contributed by atoms with Crippen molar-refractivity contribution in [3.05, 3.63) is 16.9 Å². The van der Waals surface area contributed by atoms with Gasteiger partial charge in [0.15, 0.2) is 0 Å². The molecule has 1 aliphatic rings. The van der Waals surface area contributed by atoms with Crippen molar-refractivity contribution in [3.63, 3.8) is 0 Å². The van der Waals surface area contributed by atoms with E-state index in [1.165, 1.54) is 6.92 Å². The lowest BCUT2D eigenvalue weighted by Gasteiger charge is -2.41. The summed E-state index contributed by atoms with van der Waals surface area (Å²) in [6.07, 6.45) is 2.76. The van der Waals surface area contributed by atoms with Gasteiger partial charge in [0.05, 0.1) is 13.6 Å². The smallest absolute Gasteiger partial charge is 0.302 e. The highest BCUT2D eigenvalue weighted by molar-refractivity contribution is 5.66. The summed E-state index contributed by atoms with van der Waals surface area (Å²) in [5.74, 6) is -0.299. The Morgan fingerprint density at radius 3 is 3.00 bits per heavy atom. The molecule has 0 aromatic carbocycles. The second kappa shape index (κ2) is 3.89. The van der Waals surface area contributed by atoms with Gasteiger partial charge in [0.2, 0.25) is 0 Å². The first-order chi connectivity index (χ1) is 5.99. The molecule has 0 fully saturated rings. The highest BCUT2D eigenvalue weighted by Gasteiger charge is 2.17. The molecule has 0 radical (unpaired) electrons. The number of esters is 1. The largest absolute Gasteiger partial charge is 0.633 e. The third-order valence-electron chi connectivity index (χ3n) is 2.03. The quantitative estimate of drug-likeness (QED) is 0.277. The van der Waals surface area contributed by atoms with Crippen molar-refractivity contribution in [1.29, 1.82) is 0 Å². The minimum atomic E-state index is -0.299. The molecule has 0 N–H and O–H groups in total. The number of ether oxygens (including phenoxy) is 1. The van der Waals surface area contributed by atoms with Crippen molar-refractivity contribution in [2.24, 2.45) is 0 Å². The maximum atomic E-state index is 11.5. The second-order valence-corrected chi connectivity index (χ2v) is 3.61. The molecule has 4 heteroatoms. The molecule has 1 aliphatic heterocycles. The number of hydrogen-bond acceptors (Lipinski definition) is 3. The monoisotopic (exact) mass is 185 g/mol. The predicted molar refractivity (Wildman–Crippen MR) is 48.6 cm³/mol. The van der Waals surface area contributed by atoms with Crippen LogP contribution in [0.4, 0.5) is 0 Å². The Balaban J connectivity index is 2.42. The topological polar surface area (TPSA) is 49.4 Å². The first-order valence-corrected chi connectivity index (χ1v) is 4.36. The van der Waals surface area contributed by atoms with Crippen molar-refractivity contribution >= 4 is 5.97 Å².